The maximum atomic E-state index is 12.7. The van der Waals surface area contributed by atoms with E-state index in [4.69, 9.17) is 4.74 Å². The Bertz CT molecular complexity index is 1090. The van der Waals surface area contributed by atoms with Crippen LogP contribution in [0.25, 0.3) is 0 Å². The SMILES string of the molecule is CCOC(=O)c1ccc(N/C(=N/S(=O)(=O)c2ccccc2)c2ccccc2)cc1. The molecule has 0 aromatic heterocycles. The number of nitrogens with one attached hydrogen (secondary N) is 1. The van der Waals surface area contributed by atoms with Crippen molar-refractivity contribution in [3.05, 3.63) is 96.1 Å². The monoisotopic (exact) mass is 408 g/mol. The lowest BCUT2D eigenvalue weighted by Crippen LogP contribution is -2.16. The number of hydrogen-bond acceptors (Lipinski definition) is 4. The number of rotatable bonds is 6. The van der Waals surface area contributed by atoms with Crippen LogP contribution in [0.3, 0.4) is 0 Å². The molecule has 0 bridgehead atoms. The summed E-state index contributed by atoms with van der Waals surface area (Å²) in [5.41, 5.74) is 1.61. The molecule has 0 fully saturated rings. The first-order valence-corrected chi connectivity index (χ1v) is 10.4. The van der Waals surface area contributed by atoms with Crippen LogP contribution in [0.2, 0.25) is 0 Å². The minimum atomic E-state index is -3.91. The van der Waals surface area contributed by atoms with E-state index in [1.807, 2.05) is 6.07 Å². The number of esters is 1. The molecule has 0 aliphatic carbocycles. The molecule has 0 aliphatic heterocycles. The van der Waals surface area contributed by atoms with Gasteiger partial charge in [-0.25, -0.2) is 4.79 Å². The molecule has 0 amide bonds. The van der Waals surface area contributed by atoms with Crippen molar-refractivity contribution in [3.8, 4) is 0 Å². The van der Waals surface area contributed by atoms with E-state index in [2.05, 4.69) is 9.71 Å². The lowest BCUT2D eigenvalue weighted by atomic mass is 10.2. The summed E-state index contributed by atoms with van der Waals surface area (Å²) >= 11 is 0. The molecule has 6 nitrogen and oxygen atoms in total. The summed E-state index contributed by atoms with van der Waals surface area (Å²) in [5, 5.41) is 3.04. The largest absolute Gasteiger partial charge is 0.462 e. The third-order valence-corrected chi connectivity index (χ3v) is 5.25. The fourth-order valence-electron chi connectivity index (χ4n) is 2.55. The first-order valence-electron chi connectivity index (χ1n) is 8.99. The average Bonchev–Trinajstić information content (AvgIpc) is 2.75. The predicted molar refractivity (Wildman–Crippen MR) is 113 cm³/mol. The number of anilines is 1. The van der Waals surface area contributed by atoms with Crippen molar-refractivity contribution in [1.29, 1.82) is 0 Å². The molecule has 0 unspecified atom stereocenters. The van der Waals surface area contributed by atoms with Crippen molar-refractivity contribution in [2.24, 2.45) is 4.40 Å². The number of sulfonamides is 1. The highest BCUT2D eigenvalue weighted by Crippen LogP contribution is 2.17. The molecule has 1 N–H and O–H groups in total. The van der Waals surface area contributed by atoms with Gasteiger partial charge in [0.15, 0.2) is 5.84 Å². The molecule has 3 rings (SSSR count). The number of hydrogen-bond donors (Lipinski definition) is 1. The Kier molecular flexibility index (Phi) is 6.41. The van der Waals surface area contributed by atoms with Crippen molar-refractivity contribution < 1.29 is 17.9 Å². The number of carbonyl (C=O) groups excluding carboxylic acids is 1. The van der Waals surface area contributed by atoms with Crippen molar-refractivity contribution in [2.45, 2.75) is 11.8 Å². The van der Waals surface area contributed by atoms with Crippen LogP contribution in [-0.4, -0.2) is 26.8 Å². The lowest BCUT2D eigenvalue weighted by molar-refractivity contribution is 0.0526. The highest BCUT2D eigenvalue weighted by Gasteiger charge is 2.15. The minimum Gasteiger partial charge on any atom is -0.462 e. The number of carbonyl (C=O) groups is 1. The van der Waals surface area contributed by atoms with Crippen LogP contribution in [0.15, 0.2) is 94.2 Å². The van der Waals surface area contributed by atoms with Gasteiger partial charge >= 0.3 is 5.97 Å². The molecular formula is C22H20N2O4S. The number of nitrogens with zero attached hydrogens (tertiary/aromatic N) is 1. The first-order chi connectivity index (χ1) is 14.0. The van der Waals surface area contributed by atoms with Gasteiger partial charge in [-0.05, 0) is 43.3 Å². The molecule has 0 radical (unpaired) electrons. The van der Waals surface area contributed by atoms with Crippen LogP contribution in [-0.2, 0) is 14.8 Å². The standard InChI is InChI=1S/C22H20N2O4S/c1-2-28-22(25)18-13-15-19(16-14-18)23-21(17-9-5-3-6-10-17)24-29(26,27)20-11-7-4-8-12-20/h3-16H,2H2,1H3,(H,23,24). The summed E-state index contributed by atoms with van der Waals surface area (Å²) in [6.07, 6.45) is 0. The van der Waals surface area contributed by atoms with E-state index in [0.717, 1.165) is 0 Å². The van der Waals surface area contributed by atoms with Crippen molar-refractivity contribution in [3.63, 3.8) is 0 Å². The van der Waals surface area contributed by atoms with Gasteiger partial charge in [-0.1, -0.05) is 48.5 Å². The van der Waals surface area contributed by atoms with Crippen molar-refractivity contribution in [1.82, 2.24) is 0 Å². The Morgan fingerprint density at radius 2 is 1.45 bits per heavy atom. The van der Waals surface area contributed by atoms with Crippen LogP contribution in [0.5, 0.6) is 0 Å². The van der Waals surface area contributed by atoms with Gasteiger partial charge in [0.05, 0.1) is 17.1 Å². The second-order valence-electron chi connectivity index (χ2n) is 6.02. The molecule has 3 aromatic carbocycles. The van der Waals surface area contributed by atoms with Gasteiger partial charge in [-0.3, -0.25) is 0 Å². The molecule has 0 heterocycles. The maximum absolute atomic E-state index is 12.7. The van der Waals surface area contributed by atoms with E-state index in [1.165, 1.54) is 12.1 Å². The fourth-order valence-corrected chi connectivity index (χ4v) is 3.55. The molecule has 0 spiro atoms. The van der Waals surface area contributed by atoms with Crippen LogP contribution < -0.4 is 5.32 Å². The zero-order valence-electron chi connectivity index (χ0n) is 15.8. The maximum Gasteiger partial charge on any atom is 0.338 e. The molecule has 29 heavy (non-hydrogen) atoms. The smallest absolute Gasteiger partial charge is 0.338 e. The van der Waals surface area contributed by atoms with Gasteiger partial charge in [-0.2, -0.15) is 8.42 Å². The topological polar surface area (TPSA) is 84.8 Å². The molecule has 0 saturated heterocycles. The Balaban J connectivity index is 1.94. The summed E-state index contributed by atoms with van der Waals surface area (Å²) in [6, 6.07) is 23.5. The highest BCUT2D eigenvalue weighted by molar-refractivity contribution is 7.90. The van der Waals surface area contributed by atoms with Crippen molar-refractivity contribution in [2.75, 3.05) is 11.9 Å². The van der Waals surface area contributed by atoms with E-state index in [1.54, 1.807) is 73.7 Å². The molecule has 0 saturated carbocycles. The second kappa shape index (κ2) is 9.16. The third kappa shape index (κ3) is 5.30. The second-order valence-corrected chi connectivity index (χ2v) is 7.62. The lowest BCUT2D eigenvalue weighted by Gasteiger charge is -2.11. The quantitative estimate of drug-likeness (QED) is 0.377. The van der Waals surface area contributed by atoms with Gasteiger partial charge in [0.25, 0.3) is 10.0 Å². The Morgan fingerprint density at radius 3 is 2.03 bits per heavy atom. The zero-order chi connectivity index (χ0) is 20.7. The Labute approximate surface area is 169 Å². The van der Waals surface area contributed by atoms with Crippen LogP contribution in [0.4, 0.5) is 5.69 Å². The summed E-state index contributed by atoms with van der Waals surface area (Å²) in [5.74, 6) is -0.235. The first kappa shape index (κ1) is 20.3. The third-order valence-electron chi connectivity index (χ3n) is 3.96. The van der Waals surface area contributed by atoms with E-state index >= 15 is 0 Å². The Morgan fingerprint density at radius 1 is 0.862 bits per heavy atom. The number of amidine groups is 1. The fraction of sp³-hybridized carbons (Fsp3) is 0.0909. The van der Waals surface area contributed by atoms with Gasteiger partial charge in [0, 0.05) is 11.3 Å². The molecular weight excluding hydrogens is 388 g/mol. The van der Waals surface area contributed by atoms with Crippen molar-refractivity contribution >= 4 is 27.5 Å². The summed E-state index contributed by atoms with van der Waals surface area (Å²) < 4.78 is 34.5. The summed E-state index contributed by atoms with van der Waals surface area (Å²) in [6.45, 7) is 2.03. The predicted octanol–water partition coefficient (Wildman–Crippen LogP) is 4.11. The van der Waals surface area contributed by atoms with Gasteiger partial charge < -0.3 is 10.1 Å². The van der Waals surface area contributed by atoms with E-state index in [9.17, 15) is 13.2 Å². The van der Waals surface area contributed by atoms with Crippen LogP contribution >= 0.6 is 0 Å². The summed E-state index contributed by atoms with van der Waals surface area (Å²) in [4.78, 5) is 11.9. The minimum absolute atomic E-state index is 0.105. The zero-order valence-corrected chi connectivity index (χ0v) is 16.6. The normalized spacial score (nSPS) is 11.7. The number of benzene rings is 3. The Hall–Kier alpha value is -3.45. The molecule has 0 aliphatic rings. The highest BCUT2D eigenvalue weighted by atomic mass is 32.2. The summed E-state index contributed by atoms with van der Waals surface area (Å²) in [7, 11) is -3.91. The molecule has 7 heteroatoms. The van der Waals surface area contributed by atoms with Gasteiger partial charge in [0.1, 0.15) is 0 Å². The van der Waals surface area contributed by atoms with Gasteiger partial charge in [-0.15, -0.1) is 4.40 Å². The van der Waals surface area contributed by atoms with E-state index in [0.29, 0.717) is 23.4 Å². The molecule has 0 atom stereocenters. The number of ether oxygens (including phenoxy) is 1. The van der Waals surface area contributed by atoms with Crippen LogP contribution in [0, 0.1) is 0 Å². The molecule has 148 valence electrons. The van der Waals surface area contributed by atoms with Crippen LogP contribution in [0.1, 0.15) is 22.8 Å². The van der Waals surface area contributed by atoms with E-state index in [-0.39, 0.29) is 10.7 Å². The van der Waals surface area contributed by atoms with Gasteiger partial charge in [0.2, 0.25) is 0 Å². The van der Waals surface area contributed by atoms with E-state index < -0.39 is 16.0 Å². The average molecular weight is 408 g/mol. The molecule has 3 aromatic rings.